The van der Waals surface area contributed by atoms with Gasteiger partial charge in [-0.3, -0.25) is 0 Å². The molecule has 0 aliphatic heterocycles. The Kier molecular flexibility index (Phi) is 3.70. The van der Waals surface area contributed by atoms with Gasteiger partial charge in [0, 0.05) is 0 Å². The number of benzene rings is 2. The Morgan fingerprint density at radius 2 is 2.00 bits per heavy atom. The summed E-state index contributed by atoms with van der Waals surface area (Å²) in [6.07, 6.45) is 0. The Morgan fingerprint density at radius 1 is 1.20 bits per heavy atom. The van der Waals surface area contributed by atoms with Gasteiger partial charge in [-0.2, -0.15) is 0 Å². The average Bonchev–Trinajstić information content (AvgIpc) is 2.91. The molecule has 0 spiro atoms. The van der Waals surface area contributed by atoms with Crippen LogP contribution in [-0.4, -0.2) is 28.8 Å². The number of carbonyl (C=O) groups is 1. The molecule has 2 aromatic carbocycles. The van der Waals surface area contributed by atoms with Crippen LogP contribution in [0.1, 0.15) is 15.9 Å². The second-order valence-corrected chi connectivity index (χ2v) is 6.27. The van der Waals surface area contributed by atoms with Crippen molar-refractivity contribution in [3.63, 3.8) is 0 Å². The zero-order valence-corrected chi connectivity index (χ0v) is 13.9. The number of fused-ring (bicyclic) bond motifs is 1. The predicted octanol–water partition coefficient (Wildman–Crippen LogP) is 3.01. The van der Waals surface area contributed by atoms with Crippen molar-refractivity contribution in [3.05, 3.63) is 52.0 Å². The van der Waals surface area contributed by atoms with Crippen molar-refractivity contribution in [2.45, 2.75) is 6.92 Å². The van der Waals surface area contributed by atoms with Gasteiger partial charge in [0.25, 0.3) is 0 Å². The van der Waals surface area contributed by atoms with Crippen molar-refractivity contribution in [1.29, 1.82) is 0 Å². The maximum absolute atomic E-state index is 12.4. The number of hydrogen-bond donors (Lipinski definition) is 1. The zero-order valence-electron chi connectivity index (χ0n) is 10.6. The maximum atomic E-state index is 12.4. The van der Waals surface area contributed by atoms with Crippen molar-refractivity contribution in [2.75, 3.05) is 5.32 Å². The summed E-state index contributed by atoms with van der Waals surface area (Å²) in [6, 6.07) is 11.2. The molecule has 20 heavy (non-hydrogen) atoms. The molecule has 0 fully saturated rings. The Balaban J connectivity index is 1.97. The van der Waals surface area contributed by atoms with E-state index in [4.69, 9.17) is 0 Å². The van der Waals surface area contributed by atoms with Gasteiger partial charge in [-0.15, -0.1) is 0 Å². The standard InChI is InChI=1S/C14H10BrN3OSe/c1-8-9(4-2-5-10(8)15)14(19)16-11-6-3-7-12-13(11)18-20-17-12/h2-7H,1H3,(H,16,19). The minimum absolute atomic E-state index is 0.102. The van der Waals surface area contributed by atoms with E-state index in [0.29, 0.717) is 5.56 Å². The van der Waals surface area contributed by atoms with E-state index >= 15 is 0 Å². The topological polar surface area (TPSA) is 54.9 Å². The third-order valence-electron chi connectivity index (χ3n) is 3.05. The van der Waals surface area contributed by atoms with Crippen molar-refractivity contribution in [2.24, 2.45) is 0 Å². The number of nitrogens with zero attached hydrogens (tertiary/aromatic N) is 2. The zero-order chi connectivity index (χ0) is 14.1. The summed E-state index contributed by atoms with van der Waals surface area (Å²) >= 11 is 3.34. The molecule has 0 atom stereocenters. The molecule has 6 heteroatoms. The fourth-order valence-corrected chi connectivity index (χ4v) is 3.47. The molecule has 0 unspecified atom stereocenters. The van der Waals surface area contributed by atoms with Crippen LogP contribution in [0.5, 0.6) is 0 Å². The van der Waals surface area contributed by atoms with Gasteiger partial charge in [-0.1, -0.05) is 0 Å². The van der Waals surface area contributed by atoms with E-state index in [2.05, 4.69) is 29.2 Å². The van der Waals surface area contributed by atoms with Crippen molar-refractivity contribution in [1.82, 2.24) is 7.96 Å². The summed E-state index contributed by atoms with van der Waals surface area (Å²) in [5, 5.41) is 2.92. The number of hydrogen-bond acceptors (Lipinski definition) is 3. The monoisotopic (exact) mass is 395 g/mol. The van der Waals surface area contributed by atoms with Crippen LogP contribution in [0.3, 0.4) is 0 Å². The van der Waals surface area contributed by atoms with Gasteiger partial charge >= 0.3 is 131 Å². The Morgan fingerprint density at radius 3 is 2.85 bits per heavy atom. The molecule has 4 nitrogen and oxygen atoms in total. The van der Waals surface area contributed by atoms with Crippen LogP contribution in [0.4, 0.5) is 5.69 Å². The van der Waals surface area contributed by atoms with Crippen LogP contribution in [0.15, 0.2) is 40.9 Å². The van der Waals surface area contributed by atoms with Gasteiger partial charge in [-0.25, -0.2) is 0 Å². The summed E-state index contributed by atoms with van der Waals surface area (Å²) in [4.78, 5) is 12.4. The molecule has 0 radical (unpaired) electrons. The van der Waals surface area contributed by atoms with Gasteiger partial charge in [0.1, 0.15) is 0 Å². The molecule has 1 N–H and O–H groups in total. The first kappa shape index (κ1) is 13.5. The van der Waals surface area contributed by atoms with Crippen LogP contribution in [0.25, 0.3) is 11.0 Å². The molecule has 0 saturated heterocycles. The third kappa shape index (κ3) is 2.42. The molecular formula is C14H10BrN3OSe. The van der Waals surface area contributed by atoms with Gasteiger partial charge in [-0.05, 0) is 0 Å². The molecule has 0 aliphatic carbocycles. The Labute approximate surface area is 130 Å². The van der Waals surface area contributed by atoms with Crippen molar-refractivity contribution >= 4 is 53.5 Å². The predicted molar refractivity (Wildman–Crippen MR) is 83.3 cm³/mol. The van der Waals surface area contributed by atoms with E-state index in [-0.39, 0.29) is 20.9 Å². The summed E-state index contributed by atoms with van der Waals surface area (Å²) in [5.74, 6) is -0.133. The molecule has 0 saturated carbocycles. The molecule has 100 valence electrons. The van der Waals surface area contributed by atoms with Gasteiger partial charge < -0.3 is 0 Å². The number of carbonyl (C=O) groups excluding carboxylic acids is 1. The average molecular weight is 395 g/mol. The van der Waals surface area contributed by atoms with E-state index < -0.39 is 0 Å². The molecule has 1 amide bonds. The van der Waals surface area contributed by atoms with E-state index in [1.54, 1.807) is 0 Å². The summed E-state index contributed by atoms with van der Waals surface area (Å²) in [7, 11) is 0. The summed E-state index contributed by atoms with van der Waals surface area (Å²) in [5.41, 5.74) is 3.93. The normalized spacial score (nSPS) is 10.7. The number of amides is 1. The number of anilines is 1. The van der Waals surface area contributed by atoms with Gasteiger partial charge in [0.15, 0.2) is 0 Å². The van der Waals surface area contributed by atoms with Crippen molar-refractivity contribution in [3.8, 4) is 0 Å². The Hall–Kier alpha value is -1.49. The van der Waals surface area contributed by atoms with E-state index in [0.717, 1.165) is 26.8 Å². The number of nitrogens with one attached hydrogen (secondary N) is 1. The molecule has 3 aromatic rings. The minimum atomic E-state index is -0.133. The second-order valence-electron chi connectivity index (χ2n) is 4.30. The molecule has 3 rings (SSSR count). The third-order valence-corrected chi connectivity index (χ3v) is 5.04. The molecule has 1 aromatic heterocycles. The van der Waals surface area contributed by atoms with Crippen LogP contribution in [-0.2, 0) is 0 Å². The van der Waals surface area contributed by atoms with Gasteiger partial charge in [0.2, 0.25) is 0 Å². The summed E-state index contributed by atoms with van der Waals surface area (Å²) < 4.78 is 9.59. The number of rotatable bonds is 2. The molecular weight excluding hydrogens is 385 g/mol. The second kappa shape index (κ2) is 5.48. The van der Waals surface area contributed by atoms with E-state index in [1.165, 1.54) is 0 Å². The number of halogens is 1. The molecule has 0 aliphatic rings. The fraction of sp³-hybridized carbons (Fsp3) is 0.0714. The van der Waals surface area contributed by atoms with E-state index in [1.807, 2.05) is 43.3 Å². The first-order valence-corrected chi connectivity index (χ1v) is 8.27. The summed E-state index contributed by atoms with van der Waals surface area (Å²) in [6.45, 7) is 1.91. The quantitative estimate of drug-likeness (QED) is 0.679. The number of aromatic nitrogens is 2. The molecule has 1 heterocycles. The first-order chi connectivity index (χ1) is 9.66. The van der Waals surface area contributed by atoms with Crippen molar-refractivity contribution < 1.29 is 4.79 Å². The van der Waals surface area contributed by atoms with Crippen LogP contribution >= 0.6 is 15.9 Å². The Bertz CT molecular complexity index is 800. The van der Waals surface area contributed by atoms with Crippen LogP contribution < -0.4 is 5.32 Å². The fourth-order valence-electron chi connectivity index (χ4n) is 1.95. The van der Waals surface area contributed by atoms with Crippen LogP contribution in [0, 0.1) is 6.92 Å². The van der Waals surface area contributed by atoms with E-state index in [9.17, 15) is 4.79 Å². The SMILES string of the molecule is Cc1c(Br)cccc1C(=O)Nc1cccc2n[se]nc12. The van der Waals surface area contributed by atoms with Crippen LogP contribution in [0.2, 0.25) is 0 Å². The molecule has 0 bridgehead atoms. The first-order valence-electron chi connectivity index (χ1n) is 5.94. The van der Waals surface area contributed by atoms with Gasteiger partial charge in [0.05, 0.1) is 0 Å².